The molecule has 2 aliphatic heterocycles. The Morgan fingerprint density at radius 3 is 2.38 bits per heavy atom. The van der Waals surface area contributed by atoms with Gasteiger partial charge in [-0.05, 0) is 23.5 Å². The summed E-state index contributed by atoms with van der Waals surface area (Å²) < 4.78 is 6.04. The summed E-state index contributed by atoms with van der Waals surface area (Å²) >= 11 is 2.73. The van der Waals surface area contributed by atoms with Gasteiger partial charge in [0.2, 0.25) is 11.8 Å². The van der Waals surface area contributed by atoms with Crippen molar-refractivity contribution in [2.75, 3.05) is 12.3 Å². The topological polar surface area (TPSA) is 102 Å². The van der Waals surface area contributed by atoms with Gasteiger partial charge in [0.1, 0.15) is 17.1 Å². The molecule has 0 aliphatic carbocycles. The van der Waals surface area contributed by atoms with Crippen molar-refractivity contribution in [2.24, 2.45) is 5.73 Å². The zero-order chi connectivity index (χ0) is 24.1. The van der Waals surface area contributed by atoms with E-state index in [4.69, 9.17) is 10.5 Å². The van der Waals surface area contributed by atoms with E-state index in [0.29, 0.717) is 17.2 Å². The molecule has 0 radical (unpaired) electrons. The third-order valence-electron chi connectivity index (χ3n) is 5.38. The Labute approximate surface area is 206 Å². The molecule has 3 N–H and O–H groups in total. The van der Waals surface area contributed by atoms with Gasteiger partial charge in [-0.25, -0.2) is 4.79 Å². The second kappa shape index (κ2) is 10.9. The number of esters is 1. The van der Waals surface area contributed by atoms with Gasteiger partial charge in [-0.2, -0.15) is 0 Å². The van der Waals surface area contributed by atoms with E-state index in [2.05, 4.69) is 5.32 Å². The highest BCUT2D eigenvalue weighted by atomic mass is 32.2. The van der Waals surface area contributed by atoms with Gasteiger partial charge in [-0.3, -0.25) is 14.5 Å². The molecular weight excluding hydrogens is 470 g/mol. The number of thioether (sulfide) groups is 2. The number of likely N-dealkylation sites (N-methyl/N-ethyl adjacent to an activating group) is 1. The van der Waals surface area contributed by atoms with Crippen molar-refractivity contribution in [3.8, 4) is 0 Å². The number of fused-ring (bicyclic) bond motifs is 1. The van der Waals surface area contributed by atoms with E-state index in [-0.39, 0.29) is 22.9 Å². The summed E-state index contributed by atoms with van der Waals surface area (Å²) in [6, 6.07) is 18.3. The second-order valence-corrected chi connectivity index (χ2v) is 9.73. The maximum atomic E-state index is 13.6. The fourth-order valence-corrected chi connectivity index (χ4v) is 5.99. The monoisotopic (exact) mass is 495 g/mol. The first-order valence-corrected chi connectivity index (χ1v) is 12.8. The summed E-state index contributed by atoms with van der Waals surface area (Å²) in [6.07, 6.45) is 0.763. The molecule has 2 atom stereocenters. The van der Waals surface area contributed by atoms with E-state index in [1.807, 2.05) is 67.6 Å². The van der Waals surface area contributed by atoms with Crippen LogP contribution in [0.15, 0.2) is 82.7 Å². The number of carbonyl (C=O) groups is 3. The molecule has 9 heteroatoms. The average molecular weight is 496 g/mol. The van der Waals surface area contributed by atoms with E-state index < -0.39 is 18.1 Å². The van der Waals surface area contributed by atoms with Crippen LogP contribution in [0, 0.1) is 0 Å². The Bertz CT molecular complexity index is 1080. The van der Waals surface area contributed by atoms with Crippen LogP contribution in [0.25, 0.3) is 0 Å². The number of benzene rings is 2. The highest BCUT2D eigenvalue weighted by molar-refractivity contribution is 8.08. The number of carbonyl (C=O) groups excluding carboxylic acids is 3. The Balaban J connectivity index is 1.65. The Morgan fingerprint density at radius 2 is 1.79 bits per heavy atom. The molecule has 34 heavy (non-hydrogen) atoms. The number of β-lactam (4-membered cyclic amide) rings is 1. The molecular formula is C25H25N3O4S2. The molecule has 0 saturated carbocycles. The van der Waals surface area contributed by atoms with E-state index in [0.717, 1.165) is 11.1 Å². The van der Waals surface area contributed by atoms with Crippen LogP contribution < -0.4 is 11.1 Å². The number of amides is 2. The molecule has 0 aromatic heterocycles. The van der Waals surface area contributed by atoms with Crippen molar-refractivity contribution in [2.45, 2.75) is 24.4 Å². The van der Waals surface area contributed by atoms with Crippen molar-refractivity contribution in [1.29, 1.82) is 0 Å². The van der Waals surface area contributed by atoms with E-state index in [1.165, 1.54) is 34.5 Å². The quantitative estimate of drug-likeness (QED) is 0.330. The largest absolute Gasteiger partial charge is 0.448 e. The van der Waals surface area contributed by atoms with Gasteiger partial charge in [0.05, 0.1) is 0 Å². The molecule has 2 heterocycles. The first-order chi connectivity index (χ1) is 16.5. The number of ether oxygens (including phenoxy) is 1. The fraction of sp³-hybridized carbons (Fsp3) is 0.240. The molecule has 0 unspecified atom stereocenters. The standard InChI is InChI=1S/C25H25N3O4S2/c1-2-27-19(29)13-14-33-18-15-34-24-20(26)23(30)28(24)21(18)25(31)32-22(16-9-5-3-6-10-16)17-11-7-4-8-12-17/h3-14,20,22,24H,2,15,26H2,1H3,(H,27,29)/b14-13-/t20-,24+/m1/s1. The van der Waals surface area contributed by atoms with Crippen LogP contribution in [0.3, 0.4) is 0 Å². The first-order valence-electron chi connectivity index (χ1n) is 10.9. The summed E-state index contributed by atoms with van der Waals surface area (Å²) in [5, 5.41) is 4.00. The number of nitrogens with zero attached hydrogens (tertiary/aromatic N) is 1. The van der Waals surface area contributed by atoms with Crippen LogP contribution >= 0.6 is 23.5 Å². The normalized spacial score (nSPS) is 19.7. The summed E-state index contributed by atoms with van der Waals surface area (Å²) in [5.74, 6) is -0.655. The summed E-state index contributed by atoms with van der Waals surface area (Å²) in [7, 11) is 0. The summed E-state index contributed by atoms with van der Waals surface area (Å²) in [5.41, 5.74) is 7.81. The van der Waals surface area contributed by atoms with Gasteiger partial charge in [0, 0.05) is 23.3 Å². The molecule has 0 spiro atoms. The van der Waals surface area contributed by atoms with Gasteiger partial charge in [-0.15, -0.1) is 11.8 Å². The molecule has 1 fully saturated rings. The van der Waals surface area contributed by atoms with Crippen LogP contribution in [0.2, 0.25) is 0 Å². The lowest BCUT2D eigenvalue weighted by Gasteiger charge is -2.48. The molecule has 2 aliphatic rings. The lowest BCUT2D eigenvalue weighted by molar-refractivity contribution is -0.152. The fourth-order valence-electron chi connectivity index (χ4n) is 3.73. The lowest BCUT2D eigenvalue weighted by atomic mass is 10.0. The zero-order valence-electron chi connectivity index (χ0n) is 18.5. The highest BCUT2D eigenvalue weighted by Crippen LogP contribution is 2.44. The molecule has 0 bridgehead atoms. The Kier molecular flexibility index (Phi) is 7.77. The molecule has 1 saturated heterocycles. The van der Waals surface area contributed by atoms with Crippen molar-refractivity contribution in [3.05, 3.63) is 93.9 Å². The van der Waals surface area contributed by atoms with Crippen LogP contribution in [0.4, 0.5) is 0 Å². The predicted molar refractivity (Wildman–Crippen MR) is 134 cm³/mol. The number of hydrogen-bond donors (Lipinski definition) is 2. The maximum Gasteiger partial charge on any atom is 0.356 e. The average Bonchev–Trinajstić information content (AvgIpc) is 2.87. The van der Waals surface area contributed by atoms with Crippen molar-refractivity contribution in [3.63, 3.8) is 0 Å². The maximum absolute atomic E-state index is 13.6. The second-order valence-electron chi connectivity index (χ2n) is 7.63. The van der Waals surface area contributed by atoms with Gasteiger partial charge in [-0.1, -0.05) is 72.4 Å². The number of hydrogen-bond acceptors (Lipinski definition) is 7. The lowest BCUT2D eigenvalue weighted by Crippen LogP contribution is -2.68. The molecule has 7 nitrogen and oxygen atoms in total. The smallest absolute Gasteiger partial charge is 0.356 e. The number of rotatable bonds is 8. The minimum Gasteiger partial charge on any atom is -0.448 e. The van der Waals surface area contributed by atoms with Crippen molar-refractivity contribution < 1.29 is 19.1 Å². The SMILES string of the molecule is CCNC(=O)/C=C\SC1=C(C(=O)OC(c2ccccc2)c2ccccc2)N2C(=O)[C@@H](N)[C@@H]2SC1. The molecule has 176 valence electrons. The molecule has 2 amide bonds. The summed E-state index contributed by atoms with van der Waals surface area (Å²) in [4.78, 5) is 40.0. The number of nitrogens with one attached hydrogen (secondary N) is 1. The Hall–Kier alpha value is -3.01. The van der Waals surface area contributed by atoms with E-state index >= 15 is 0 Å². The van der Waals surface area contributed by atoms with E-state index in [9.17, 15) is 14.4 Å². The van der Waals surface area contributed by atoms with Crippen molar-refractivity contribution >= 4 is 41.3 Å². The minimum atomic E-state index is -0.649. The predicted octanol–water partition coefficient (Wildman–Crippen LogP) is 3.16. The van der Waals surface area contributed by atoms with Gasteiger partial charge < -0.3 is 15.8 Å². The highest BCUT2D eigenvalue weighted by Gasteiger charge is 2.52. The summed E-state index contributed by atoms with van der Waals surface area (Å²) in [6.45, 7) is 2.36. The first kappa shape index (κ1) is 24.1. The third kappa shape index (κ3) is 5.06. The van der Waals surface area contributed by atoms with Crippen LogP contribution in [0.1, 0.15) is 24.2 Å². The number of nitrogens with two attached hydrogens (primary N) is 1. The minimum absolute atomic E-state index is 0.192. The van der Waals surface area contributed by atoms with E-state index in [1.54, 1.807) is 5.41 Å². The van der Waals surface area contributed by atoms with Gasteiger partial charge >= 0.3 is 5.97 Å². The van der Waals surface area contributed by atoms with Crippen LogP contribution in [-0.4, -0.2) is 46.4 Å². The molecule has 2 aromatic carbocycles. The Morgan fingerprint density at radius 1 is 1.18 bits per heavy atom. The molecule has 4 rings (SSSR count). The van der Waals surface area contributed by atoms with Crippen LogP contribution in [-0.2, 0) is 19.1 Å². The third-order valence-corrected chi connectivity index (χ3v) is 7.76. The van der Waals surface area contributed by atoms with Gasteiger partial charge in [0.15, 0.2) is 6.10 Å². The van der Waals surface area contributed by atoms with Gasteiger partial charge in [0.25, 0.3) is 0 Å². The molecule has 2 aromatic rings. The zero-order valence-corrected chi connectivity index (χ0v) is 20.2. The van der Waals surface area contributed by atoms with Crippen molar-refractivity contribution in [1.82, 2.24) is 10.2 Å². The van der Waals surface area contributed by atoms with Crippen LogP contribution in [0.5, 0.6) is 0 Å².